The van der Waals surface area contributed by atoms with E-state index in [1.165, 1.54) is 20.8 Å². The van der Waals surface area contributed by atoms with Crippen molar-refractivity contribution in [1.82, 2.24) is 0 Å². The maximum atomic E-state index is 13.3. The SMILES string of the molecule is CC(=O)OCC12C(OC(=O)c3ccccc3)CC3C(OC(C)=O)C1(OC3(C)C)C(C)CC(OC(C)=O)C2O. The molecule has 8 atom stereocenters. The Morgan fingerprint density at radius 1 is 0.947 bits per heavy atom. The molecular weight excluding hydrogens is 496 g/mol. The largest absolute Gasteiger partial charge is 0.465 e. The Balaban J connectivity index is 1.93. The zero-order chi connectivity index (χ0) is 28.0. The molecule has 1 spiro atoms. The Bertz CT molecular complexity index is 1100. The van der Waals surface area contributed by atoms with Gasteiger partial charge in [-0.3, -0.25) is 14.4 Å². The van der Waals surface area contributed by atoms with Crippen LogP contribution >= 0.6 is 0 Å². The summed E-state index contributed by atoms with van der Waals surface area (Å²) < 4.78 is 29.9. The summed E-state index contributed by atoms with van der Waals surface area (Å²) in [6.45, 7) is 8.91. The number of esters is 4. The molecule has 3 fully saturated rings. The monoisotopic (exact) mass is 532 g/mol. The van der Waals surface area contributed by atoms with Gasteiger partial charge in [0, 0.05) is 26.7 Å². The first-order valence-electron chi connectivity index (χ1n) is 12.9. The van der Waals surface area contributed by atoms with Crippen LogP contribution in [0.15, 0.2) is 30.3 Å². The lowest BCUT2D eigenvalue weighted by molar-refractivity contribution is -0.317. The lowest BCUT2D eigenvalue weighted by atomic mass is 9.48. The van der Waals surface area contributed by atoms with Gasteiger partial charge in [-0.2, -0.15) is 0 Å². The highest BCUT2D eigenvalue weighted by Crippen LogP contribution is 2.67. The Morgan fingerprint density at radius 3 is 2.16 bits per heavy atom. The van der Waals surface area contributed by atoms with Crippen LogP contribution in [0.3, 0.4) is 0 Å². The standard InChI is InChI=1S/C28H36O10/c1-15-12-21(35-17(3)30)23(32)27(14-34-16(2)29)22(37-25(33)19-10-8-7-9-11-19)13-20-24(36-18(4)31)28(15,27)38-26(20,5)6/h7-11,15,20-24,32H,12-14H2,1-6H3. The normalized spacial score (nSPS) is 36.9. The second-order valence-corrected chi connectivity index (χ2v) is 11.2. The van der Waals surface area contributed by atoms with Crippen LogP contribution < -0.4 is 0 Å². The van der Waals surface area contributed by atoms with E-state index in [1.54, 1.807) is 30.3 Å². The lowest BCUT2D eigenvalue weighted by Crippen LogP contribution is -2.78. The summed E-state index contributed by atoms with van der Waals surface area (Å²) in [6.07, 6.45) is -4.05. The molecule has 208 valence electrons. The number of carbonyl (C=O) groups excluding carboxylic acids is 4. The van der Waals surface area contributed by atoms with Crippen molar-refractivity contribution in [2.45, 2.75) is 90.0 Å². The van der Waals surface area contributed by atoms with Gasteiger partial charge in [0.1, 0.15) is 42.0 Å². The molecule has 10 heteroatoms. The maximum Gasteiger partial charge on any atom is 0.338 e. The predicted molar refractivity (Wildman–Crippen MR) is 132 cm³/mol. The first-order valence-corrected chi connectivity index (χ1v) is 12.9. The van der Waals surface area contributed by atoms with Gasteiger partial charge in [-0.15, -0.1) is 0 Å². The van der Waals surface area contributed by atoms with Crippen molar-refractivity contribution in [3.05, 3.63) is 35.9 Å². The fourth-order valence-electron chi connectivity index (χ4n) is 7.05. The quantitative estimate of drug-likeness (QED) is 0.430. The highest BCUT2D eigenvalue weighted by molar-refractivity contribution is 5.89. The zero-order valence-corrected chi connectivity index (χ0v) is 22.6. The van der Waals surface area contributed by atoms with Crippen LogP contribution in [0.2, 0.25) is 0 Å². The van der Waals surface area contributed by atoms with Crippen LogP contribution in [0, 0.1) is 17.3 Å². The van der Waals surface area contributed by atoms with E-state index in [2.05, 4.69) is 0 Å². The summed E-state index contributed by atoms with van der Waals surface area (Å²) >= 11 is 0. The molecule has 1 aliphatic heterocycles. The molecule has 0 aromatic heterocycles. The van der Waals surface area contributed by atoms with E-state index >= 15 is 0 Å². The second kappa shape index (κ2) is 9.96. The summed E-state index contributed by atoms with van der Waals surface area (Å²) in [5.41, 5.74) is -3.63. The Labute approximate surface area is 221 Å². The molecule has 1 N–H and O–H groups in total. The van der Waals surface area contributed by atoms with E-state index in [1.807, 2.05) is 20.8 Å². The zero-order valence-electron chi connectivity index (χ0n) is 22.6. The van der Waals surface area contributed by atoms with Gasteiger partial charge >= 0.3 is 23.9 Å². The predicted octanol–water partition coefficient (Wildman–Crippen LogP) is 2.59. The van der Waals surface area contributed by atoms with Crippen LogP contribution in [-0.4, -0.2) is 71.2 Å². The van der Waals surface area contributed by atoms with Crippen molar-refractivity contribution >= 4 is 23.9 Å². The summed E-state index contributed by atoms with van der Waals surface area (Å²) in [7, 11) is 0. The summed E-state index contributed by atoms with van der Waals surface area (Å²) in [4.78, 5) is 49.8. The fourth-order valence-corrected chi connectivity index (χ4v) is 7.05. The van der Waals surface area contributed by atoms with Gasteiger partial charge in [0.2, 0.25) is 0 Å². The van der Waals surface area contributed by atoms with Gasteiger partial charge in [0.25, 0.3) is 0 Å². The third-order valence-corrected chi connectivity index (χ3v) is 8.46. The van der Waals surface area contributed by atoms with Gasteiger partial charge in [-0.1, -0.05) is 25.1 Å². The fraction of sp³-hybridized carbons (Fsp3) is 0.643. The highest BCUT2D eigenvalue weighted by atomic mass is 16.6. The third kappa shape index (κ3) is 4.37. The molecule has 2 saturated carbocycles. The van der Waals surface area contributed by atoms with E-state index < -0.39 is 83.4 Å². The molecule has 2 aliphatic carbocycles. The first-order chi connectivity index (χ1) is 17.8. The molecule has 2 bridgehead atoms. The number of rotatable bonds is 6. The third-order valence-electron chi connectivity index (χ3n) is 8.46. The minimum atomic E-state index is -1.63. The van der Waals surface area contributed by atoms with E-state index in [9.17, 15) is 24.3 Å². The van der Waals surface area contributed by atoms with Crippen LogP contribution in [0.1, 0.15) is 64.7 Å². The molecule has 0 radical (unpaired) electrons. The number of fused-ring (bicyclic) bond motifs is 1. The van der Waals surface area contributed by atoms with Crippen molar-refractivity contribution in [2.24, 2.45) is 17.3 Å². The summed E-state index contributed by atoms with van der Waals surface area (Å²) in [5.74, 6) is -3.28. The minimum absolute atomic E-state index is 0.142. The molecular formula is C28H36O10. The molecule has 1 saturated heterocycles. The number of hydrogen-bond donors (Lipinski definition) is 1. The molecule has 4 rings (SSSR count). The topological polar surface area (TPSA) is 135 Å². The highest BCUT2D eigenvalue weighted by Gasteiger charge is 2.81. The van der Waals surface area contributed by atoms with Crippen LogP contribution in [0.5, 0.6) is 0 Å². The Kier molecular flexibility index (Phi) is 7.35. The van der Waals surface area contributed by atoms with E-state index in [4.69, 9.17) is 23.7 Å². The van der Waals surface area contributed by atoms with Crippen molar-refractivity contribution in [1.29, 1.82) is 0 Å². The molecule has 38 heavy (non-hydrogen) atoms. The smallest absolute Gasteiger partial charge is 0.338 e. The van der Waals surface area contributed by atoms with Crippen LogP contribution in [0.25, 0.3) is 0 Å². The first kappa shape index (κ1) is 28.0. The Hall–Kier alpha value is -2.98. The minimum Gasteiger partial charge on any atom is -0.465 e. The summed E-state index contributed by atoms with van der Waals surface area (Å²) in [5, 5.41) is 12.0. The molecule has 8 unspecified atom stereocenters. The molecule has 1 aromatic rings. The van der Waals surface area contributed by atoms with E-state index in [0.717, 1.165) is 0 Å². The second-order valence-electron chi connectivity index (χ2n) is 11.2. The number of ether oxygens (including phenoxy) is 5. The van der Waals surface area contributed by atoms with Gasteiger partial charge < -0.3 is 28.8 Å². The van der Waals surface area contributed by atoms with Crippen molar-refractivity contribution in [2.75, 3.05) is 6.61 Å². The molecule has 1 heterocycles. The number of aliphatic hydroxyl groups excluding tert-OH is 1. The van der Waals surface area contributed by atoms with E-state index in [-0.39, 0.29) is 12.8 Å². The molecule has 10 nitrogen and oxygen atoms in total. The van der Waals surface area contributed by atoms with Crippen molar-refractivity contribution in [3.63, 3.8) is 0 Å². The molecule has 3 aliphatic rings. The van der Waals surface area contributed by atoms with Gasteiger partial charge in [-0.25, -0.2) is 4.79 Å². The van der Waals surface area contributed by atoms with Gasteiger partial charge in [0.15, 0.2) is 0 Å². The Morgan fingerprint density at radius 2 is 1.58 bits per heavy atom. The lowest BCUT2D eigenvalue weighted by Gasteiger charge is -2.63. The molecule has 1 aromatic carbocycles. The number of carbonyl (C=O) groups is 4. The number of aliphatic hydroxyl groups is 1. The number of hydrogen-bond acceptors (Lipinski definition) is 10. The van der Waals surface area contributed by atoms with E-state index in [0.29, 0.717) is 5.56 Å². The van der Waals surface area contributed by atoms with Gasteiger partial charge in [0.05, 0.1) is 11.2 Å². The molecule has 0 amide bonds. The van der Waals surface area contributed by atoms with Crippen LogP contribution in [0.4, 0.5) is 0 Å². The van der Waals surface area contributed by atoms with Crippen molar-refractivity contribution in [3.8, 4) is 0 Å². The summed E-state index contributed by atoms with van der Waals surface area (Å²) in [6, 6.07) is 8.39. The average molecular weight is 533 g/mol. The van der Waals surface area contributed by atoms with Crippen LogP contribution in [-0.2, 0) is 38.1 Å². The number of benzene rings is 1. The average Bonchev–Trinajstić information content (AvgIpc) is 2.99. The van der Waals surface area contributed by atoms with Gasteiger partial charge in [-0.05, 0) is 44.7 Å². The maximum absolute atomic E-state index is 13.3. The van der Waals surface area contributed by atoms with Crippen molar-refractivity contribution < 1.29 is 48.0 Å².